The molecule has 1 amide bonds. The van der Waals surface area contributed by atoms with E-state index in [4.69, 9.17) is 0 Å². The third kappa shape index (κ3) is 6.50. The molecule has 3 rings (SSSR count). The Labute approximate surface area is 185 Å². The van der Waals surface area contributed by atoms with Gasteiger partial charge in [-0.15, -0.1) is 0 Å². The molecule has 1 heterocycles. The van der Waals surface area contributed by atoms with Gasteiger partial charge in [-0.2, -0.15) is 0 Å². The van der Waals surface area contributed by atoms with Crippen LogP contribution in [0.2, 0.25) is 0 Å². The zero-order valence-corrected chi connectivity index (χ0v) is 19.3. The number of aryl methyl sites for hydroxylation is 2. The fourth-order valence-corrected chi connectivity index (χ4v) is 5.06. The number of rotatable bonds is 8. The van der Waals surface area contributed by atoms with Gasteiger partial charge in [-0.25, -0.2) is 23.1 Å². The highest BCUT2D eigenvalue weighted by atomic mass is 32.2. The Bertz CT molecular complexity index is 978. The van der Waals surface area contributed by atoms with Gasteiger partial charge in [-0.3, -0.25) is 4.79 Å². The largest absolute Gasteiger partial charge is 0.326 e. The molecule has 8 heteroatoms. The molecule has 1 fully saturated rings. The Balaban J connectivity index is 1.57. The molecule has 7 nitrogen and oxygen atoms in total. The predicted molar refractivity (Wildman–Crippen MR) is 122 cm³/mol. The Morgan fingerprint density at radius 3 is 2.23 bits per heavy atom. The van der Waals surface area contributed by atoms with E-state index in [2.05, 4.69) is 26.9 Å². The maximum Gasteiger partial charge on any atom is 0.264 e. The molecule has 2 aromatic rings. The van der Waals surface area contributed by atoms with E-state index in [0.717, 1.165) is 31.6 Å². The van der Waals surface area contributed by atoms with Gasteiger partial charge >= 0.3 is 0 Å². The van der Waals surface area contributed by atoms with Crippen molar-refractivity contribution in [3.63, 3.8) is 0 Å². The molecule has 1 saturated carbocycles. The lowest BCUT2D eigenvalue weighted by atomic mass is 9.79. The lowest BCUT2D eigenvalue weighted by Crippen LogP contribution is -2.27. The maximum absolute atomic E-state index is 12.6. The van der Waals surface area contributed by atoms with Crippen LogP contribution >= 0.6 is 0 Å². The van der Waals surface area contributed by atoms with Crippen molar-refractivity contribution in [1.29, 1.82) is 0 Å². The number of anilines is 2. The van der Waals surface area contributed by atoms with E-state index in [1.807, 2.05) is 0 Å². The summed E-state index contributed by atoms with van der Waals surface area (Å²) in [6, 6.07) is 7.95. The summed E-state index contributed by atoms with van der Waals surface area (Å²) in [5.74, 6) is 0.850. The van der Waals surface area contributed by atoms with Gasteiger partial charge < -0.3 is 5.32 Å². The highest BCUT2D eigenvalue weighted by Crippen LogP contribution is 2.32. The molecule has 0 saturated heterocycles. The number of nitrogens with one attached hydrogen (secondary N) is 2. The predicted octanol–water partition coefficient (Wildman–Crippen LogP) is 4.83. The fraction of sp³-hybridized carbons (Fsp3) is 0.522. The average molecular weight is 445 g/mol. The molecule has 168 valence electrons. The van der Waals surface area contributed by atoms with E-state index >= 15 is 0 Å². The first-order valence-electron chi connectivity index (χ1n) is 11.0. The second-order valence-corrected chi connectivity index (χ2v) is 10.1. The third-order valence-electron chi connectivity index (χ3n) is 5.82. The van der Waals surface area contributed by atoms with Crippen molar-refractivity contribution >= 4 is 27.6 Å². The quantitative estimate of drug-likeness (QED) is 0.607. The summed E-state index contributed by atoms with van der Waals surface area (Å²) in [6.07, 6.45) is 7.82. The van der Waals surface area contributed by atoms with Crippen molar-refractivity contribution < 1.29 is 13.2 Å². The number of carbonyl (C=O) groups is 1. The highest BCUT2D eigenvalue weighted by Gasteiger charge is 2.26. The Hall–Kier alpha value is -2.48. The van der Waals surface area contributed by atoms with Crippen molar-refractivity contribution in [3.05, 3.63) is 41.7 Å². The van der Waals surface area contributed by atoms with Gasteiger partial charge in [-0.05, 0) is 75.8 Å². The molecular formula is C23H32N4O3S. The lowest BCUT2D eigenvalue weighted by molar-refractivity contribution is -0.121. The Kier molecular flexibility index (Phi) is 7.64. The average Bonchev–Trinajstić information content (AvgIpc) is 2.72. The van der Waals surface area contributed by atoms with Crippen LogP contribution in [-0.2, 0) is 14.8 Å². The number of carbonyl (C=O) groups excluding carboxylic acids is 1. The van der Waals surface area contributed by atoms with E-state index in [-0.39, 0.29) is 22.7 Å². The van der Waals surface area contributed by atoms with Crippen molar-refractivity contribution in [3.8, 4) is 0 Å². The maximum atomic E-state index is 12.6. The topological polar surface area (TPSA) is 101 Å². The van der Waals surface area contributed by atoms with Crippen LogP contribution in [0.15, 0.2) is 35.2 Å². The van der Waals surface area contributed by atoms with E-state index < -0.39 is 10.0 Å². The minimum absolute atomic E-state index is 0.0197. The van der Waals surface area contributed by atoms with Gasteiger partial charge in [-0.1, -0.05) is 26.2 Å². The molecule has 1 aromatic carbocycles. The minimum atomic E-state index is -3.81. The fourth-order valence-electron chi connectivity index (χ4n) is 4.12. The summed E-state index contributed by atoms with van der Waals surface area (Å²) < 4.78 is 27.7. The molecule has 1 aliphatic rings. The smallest absolute Gasteiger partial charge is 0.264 e. The van der Waals surface area contributed by atoms with Gasteiger partial charge in [0.25, 0.3) is 10.0 Å². The molecule has 0 aliphatic heterocycles. The third-order valence-corrected chi connectivity index (χ3v) is 7.17. The molecule has 1 aliphatic carbocycles. The molecule has 0 bridgehead atoms. The number of benzene rings is 1. The van der Waals surface area contributed by atoms with Crippen molar-refractivity contribution in [2.24, 2.45) is 11.8 Å². The van der Waals surface area contributed by atoms with E-state index in [1.165, 1.54) is 31.4 Å². The van der Waals surface area contributed by atoms with Crippen LogP contribution in [0.4, 0.5) is 11.6 Å². The minimum Gasteiger partial charge on any atom is -0.326 e. The first-order valence-corrected chi connectivity index (χ1v) is 12.5. The second kappa shape index (κ2) is 10.2. The number of sulfonamides is 1. The highest BCUT2D eigenvalue weighted by molar-refractivity contribution is 7.92. The van der Waals surface area contributed by atoms with Gasteiger partial charge in [0.15, 0.2) is 0 Å². The lowest BCUT2D eigenvalue weighted by Gasteiger charge is -2.27. The first-order chi connectivity index (χ1) is 14.8. The normalized spacial score (nSPS) is 19.1. The van der Waals surface area contributed by atoms with Crippen LogP contribution in [0.1, 0.15) is 63.3 Å². The van der Waals surface area contributed by atoms with Gasteiger partial charge in [0.1, 0.15) is 0 Å². The molecule has 0 radical (unpaired) electrons. The summed E-state index contributed by atoms with van der Waals surface area (Å²) >= 11 is 0. The van der Waals surface area contributed by atoms with Crippen molar-refractivity contribution in [2.75, 3.05) is 10.0 Å². The molecule has 0 unspecified atom stereocenters. The second-order valence-electron chi connectivity index (χ2n) is 8.45. The summed E-state index contributed by atoms with van der Waals surface area (Å²) in [5, 5.41) is 2.93. The van der Waals surface area contributed by atoms with E-state index in [1.54, 1.807) is 32.0 Å². The standard InChI is InChI=1S/C23H32N4O3S/c1-4-5-6-18-7-9-19(10-8-18)22(28)26-20-11-13-21(14-12-20)31(29,30)27-23-24-16(2)15-17(3)25-23/h11-15,18-19H,4-10H2,1-3H3,(H,26,28)(H,24,25,27). The zero-order valence-electron chi connectivity index (χ0n) is 18.5. The van der Waals surface area contributed by atoms with Crippen molar-refractivity contribution in [1.82, 2.24) is 9.97 Å². The number of nitrogens with zero attached hydrogens (tertiary/aromatic N) is 2. The summed E-state index contributed by atoms with van der Waals surface area (Å²) in [4.78, 5) is 20.9. The molecular weight excluding hydrogens is 412 g/mol. The SMILES string of the molecule is CCCCC1CCC(C(=O)Nc2ccc(S(=O)(=O)Nc3nc(C)cc(C)n3)cc2)CC1. The van der Waals surface area contributed by atoms with E-state index in [9.17, 15) is 13.2 Å². The van der Waals surface area contributed by atoms with Gasteiger partial charge in [0, 0.05) is 23.0 Å². The number of amides is 1. The van der Waals surface area contributed by atoms with Crippen molar-refractivity contribution in [2.45, 2.75) is 70.6 Å². The van der Waals surface area contributed by atoms with Crippen LogP contribution in [0, 0.1) is 25.7 Å². The molecule has 0 atom stereocenters. The summed E-state index contributed by atoms with van der Waals surface area (Å²) in [7, 11) is -3.81. The molecule has 31 heavy (non-hydrogen) atoms. The number of aromatic nitrogens is 2. The summed E-state index contributed by atoms with van der Waals surface area (Å²) in [6.45, 7) is 5.77. The van der Waals surface area contributed by atoms with Crippen LogP contribution in [0.3, 0.4) is 0 Å². The van der Waals surface area contributed by atoms with Crippen LogP contribution in [0.5, 0.6) is 0 Å². The van der Waals surface area contributed by atoms with Crippen LogP contribution in [0.25, 0.3) is 0 Å². The number of hydrogen-bond acceptors (Lipinski definition) is 5. The van der Waals surface area contributed by atoms with Crippen LogP contribution < -0.4 is 10.0 Å². The van der Waals surface area contributed by atoms with Crippen LogP contribution in [-0.4, -0.2) is 24.3 Å². The monoisotopic (exact) mass is 444 g/mol. The number of unbranched alkanes of at least 4 members (excludes halogenated alkanes) is 1. The number of hydrogen-bond donors (Lipinski definition) is 2. The summed E-state index contributed by atoms with van der Waals surface area (Å²) in [5.41, 5.74) is 1.96. The Morgan fingerprint density at radius 1 is 1.03 bits per heavy atom. The molecule has 0 spiro atoms. The van der Waals surface area contributed by atoms with Gasteiger partial charge in [0.2, 0.25) is 11.9 Å². The Morgan fingerprint density at radius 2 is 1.65 bits per heavy atom. The zero-order chi connectivity index (χ0) is 22.4. The first kappa shape index (κ1) is 23.2. The molecule has 2 N–H and O–H groups in total. The van der Waals surface area contributed by atoms with Gasteiger partial charge in [0.05, 0.1) is 4.90 Å². The van der Waals surface area contributed by atoms with E-state index in [0.29, 0.717) is 17.1 Å². The molecule has 1 aromatic heterocycles.